The van der Waals surface area contributed by atoms with E-state index in [0.717, 1.165) is 0 Å². The first-order valence-electron chi connectivity index (χ1n) is 6.10. The van der Waals surface area contributed by atoms with Crippen molar-refractivity contribution in [3.63, 3.8) is 0 Å². The van der Waals surface area contributed by atoms with Gasteiger partial charge in [0, 0.05) is 23.4 Å². The van der Waals surface area contributed by atoms with Crippen LogP contribution in [0.4, 0.5) is 0 Å². The quantitative estimate of drug-likeness (QED) is 0.829. The Morgan fingerprint density at radius 2 is 2.00 bits per heavy atom. The second kappa shape index (κ2) is 5.66. The van der Waals surface area contributed by atoms with Crippen molar-refractivity contribution >= 4 is 11.3 Å². The molecule has 1 saturated heterocycles. The van der Waals surface area contributed by atoms with Gasteiger partial charge in [0.05, 0.1) is 0 Å². The Morgan fingerprint density at radius 3 is 2.40 bits per heavy atom. The molecule has 2 heterocycles. The van der Waals surface area contributed by atoms with Gasteiger partial charge in [0.1, 0.15) is 0 Å². The van der Waals surface area contributed by atoms with Crippen molar-refractivity contribution in [1.29, 1.82) is 0 Å². The molecule has 1 aliphatic heterocycles. The van der Waals surface area contributed by atoms with Crippen LogP contribution in [0.25, 0.3) is 0 Å². The highest BCUT2D eigenvalue weighted by atomic mass is 32.1. The lowest BCUT2D eigenvalue weighted by Crippen LogP contribution is -2.56. The van der Waals surface area contributed by atoms with Gasteiger partial charge in [0.25, 0.3) is 0 Å². The van der Waals surface area contributed by atoms with Gasteiger partial charge in [-0.15, -0.1) is 11.3 Å². The Labute approximate surface area is 97.9 Å². The van der Waals surface area contributed by atoms with Crippen LogP contribution in [0.2, 0.25) is 0 Å². The van der Waals surface area contributed by atoms with Gasteiger partial charge >= 0.3 is 0 Å². The summed E-state index contributed by atoms with van der Waals surface area (Å²) in [5.41, 5.74) is 2.09. The predicted molar refractivity (Wildman–Crippen MR) is 69.9 cm³/mol. The molecule has 0 unspecified atom stereocenters. The Morgan fingerprint density at radius 1 is 1.33 bits per heavy atom. The van der Waals surface area contributed by atoms with Crippen molar-refractivity contribution in [1.82, 2.24) is 5.32 Å². The molecule has 0 aliphatic carbocycles. The molecule has 0 radical (unpaired) electrons. The largest absolute Gasteiger partial charge is 0.315 e. The zero-order chi connectivity index (χ0) is 11.3. The van der Waals surface area contributed by atoms with E-state index in [1.807, 2.05) is 25.2 Å². The van der Waals surface area contributed by atoms with Crippen LogP contribution in [0, 0.1) is 0 Å². The van der Waals surface area contributed by atoms with Gasteiger partial charge < -0.3 is 5.32 Å². The van der Waals surface area contributed by atoms with Gasteiger partial charge in [-0.05, 0) is 29.9 Å². The molecule has 15 heavy (non-hydrogen) atoms. The van der Waals surface area contributed by atoms with Crippen molar-refractivity contribution < 1.29 is 0 Å². The molecule has 1 aromatic heterocycles. The molecule has 0 aromatic carbocycles. The van der Waals surface area contributed by atoms with Crippen LogP contribution < -0.4 is 5.32 Å². The molecule has 1 aliphatic rings. The number of nitrogens with one attached hydrogen (secondary N) is 1. The summed E-state index contributed by atoms with van der Waals surface area (Å²) in [5, 5.41) is 5.64. The number of thiophene rings is 1. The third kappa shape index (κ3) is 2.26. The van der Waals surface area contributed by atoms with Gasteiger partial charge in [-0.3, -0.25) is 0 Å². The van der Waals surface area contributed by atoms with Crippen LogP contribution in [-0.4, -0.2) is 13.1 Å². The molecule has 1 nitrogen and oxygen atoms in total. The predicted octanol–water partition coefficient (Wildman–Crippen LogP) is 3.59. The van der Waals surface area contributed by atoms with Crippen molar-refractivity contribution in [2.45, 2.75) is 46.0 Å². The lowest BCUT2D eigenvalue weighted by Gasteiger charge is -2.42. The van der Waals surface area contributed by atoms with E-state index in [0.29, 0.717) is 5.41 Å². The monoisotopic (exact) mass is 225 g/mol. The number of hydrogen-bond acceptors (Lipinski definition) is 2. The summed E-state index contributed by atoms with van der Waals surface area (Å²) in [6, 6.07) is 2.33. The maximum atomic E-state index is 3.40. The lowest BCUT2D eigenvalue weighted by molar-refractivity contribution is 0.267. The molecule has 0 saturated carbocycles. The summed E-state index contributed by atoms with van der Waals surface area (Å²) in [6.45, 7) is 10.9. The smallest absolute Gasteiger partial charge is 0.0211 e. The number of hydrogen-bond donors (Lipinski definition) is 1. The van der Waals surface area contributed by atoms with Crippen LogP contribution in [0.5, 0.6) is 0 Å². The van der Waals surface area contributed by atoms with E-state index in [-0.39, 0.29) is 0 Å². The molecule has 0 spiro atoms. The van der Waals surface area contributed by atoms with Crippen LogP contribution in [0.15, 0.2) is 11.4 Å². The SMILES string of the molecule is CC.CCc1sccc1C1(CC)CNC1. The van der Waals surface area contributed by atoms with Crippen molar-refractivity contribution in [3.8, 4) is 0 Å². The third-order valence-corrected chi connectivity index (χ3v) is 4.31. The Hall–Kier alpha value is -0.340. The van der Waals surface area contributed by atoms with E-state index in [4.69, 9.17) is 0 Å². The van der Waals surface area contributed by atoms with E-state index in [1.165, 1.54) is 25.9 Å². The highest BCUT2D eigenvalue weighted by Crippen LogP contribution is 2.36. The van der Waals surface area contributed by atoms with Crippen LogP contribution in [0.3, 0.4) is 0 Å². The molecule has 2 heteroatoms. The molecule has 86 valence electrons. The normalized spacial score (nSPS) is 17.6. The average Bonchev–Trinajstić information content (AvgIpc) is 2.69. The van der Waals surface area contributed by atoms with E-state index in [9.17, 15) is 0 Å². The summed E-state index contributed by atoms with van der Waals surface area (Å²) in [6.07, 6.45) is 2.46. The van der Waals surface area contributed by atoms with Gasteiger partial charge in [-0.1, -0.05) is 27.7 Å². The van der Waals surface area contributed by atoms with E-state index in [2.05, 4.69) is 30.6 Å². The molecule has 0 amide bonds. The second-order valence-corrected chi connectivity index (χ2v) is 4.85. The fourth-order valence-electron chi connectivity index (χ4n) is 2.14. The maximum absolute atomic E-state index is 3.40. The Bertz CT molecular complexity index is 281. The highest BCUT2D eigenvalue weighted by Gasteiger charge is 2.38. The minimum absolute atomic E-state index is 0.478. The number of rotatable bonds is 3. The van der Waals surface area contributed by atoms with Crippen molar-refractivity contribution in [2.75, 3.05) is 13.1 Å². The van der Waals surface area contributed by atoms with Gasteiger partial charge in [0.2, 0.25) is 0 Å². The zero-order valence-electron chi connectivity index (χ0n) is 10.4. The van der Waals surface area contributed by atoms with Crippen LogP contribution >= 0.6 is 11.3 Å². The van der Waals surface area contributed by atoms with Gasteiger partial charge in [-0.25, -0.2) is 0 Å². The summed E-state index contributed by atoms with van der Waals surface area (Å²) in [4.78, 5) is 1.59. The molecule has 1 aromatic rings. The minimum atomic E-state index is 0.478. The zero-order valence-corrected chi connectivity index (χ0v) is 11.2. The topological polar surface area (TPSA) is 12.0 Å². The summed E-state index contributed by atoms with van der Waals surface area (Å²) >= 11 is 1.91. The molecule has 0 atom stereocenters. The van der Waals surface area contributed by atoms with Crippen LogP contribution in [-0.2, 0) is 11.8 Å². The Balaban J connectivity index is 0.000000531. The number of aryl methyl sites for hydroxylation is 1. The van der Waals surface area contributed by atoms with Crippen molar-refractivity contribution in [2.24, 2.45) is 0 Å². The fraction of sp³-hybridized carbons (Fsp3) is 0.692. The standard InChI is InChI=1S/C11H17NS.C2H6/c1-3-10-9(5-6-13-10)11(4-2)7-12-8-11;1-2/h5-6,12H,3-4,7-8H2,1-2H3;1-2H3. The maximum Gasteiger partial charge on any atom is 0.0211 e. The van der Waals surface area contributed by atoms with E-state index < -0.39 is 0 Å². The van der Waals surface area contributed by atoms with Crippen LogP contribution in [0.1, 0.15) is 44.6 Å². The first-order chi connectivity index (χ1) is 7.32. The van der Waals surface area contributed by atoms with Crippen molar-refractivity contribution in [3.05, 3.63) is 21.9 Å². The van der Waals surface area contributed by atoms with Gasteiger partial charge in [-0.2, -0.15) is 0 Å². The molecule has 2 rings (SSSR count). The van der Waals surface area contributed by atoms with Gasteiger partial charge in [0.15, 0.2) is 0 Å². The molecule has 0 bridgehead atoms. The lowest BCUT2D eigenvalue weighted by atomic mass is 9.73. The highest BCUT2D eigenvalue weighted by molar-refractivity contribution is 7.10. The minimum Gasteiger partial charge on any atom is -0.315 e. The van der Waals surface area contributed by atoms with E-state index >= 15 is 0 Å². The summed E-state index contributed by atoms with van der Waals surface area (Å²) in [5.74, 6) is 0. The third-order valence-electron chi connectivity index (χ3n) is 3.24. The fourth-order valence-corrected chi connectivity index (χ4v) is 3.09. The molecular weight excluding hydrogens is 202 g/mol. The molecular formula is C13H23NS. The first kappa shape index (κ1) is 12.7. The summed E-state index contributed by atoms with van der Waals surface area (Å²) in [7, 11) is 0. The average molecular weight is 225 g/mol. The molecule has 1 fully saturated rings. The molecule has 1 N–H and O–H groups in total. The second-order valence-electron chi connectivity index (χ2n) is 3.85. The summed E-state index contributed by atoms with van der Waals surface area (Å²) < 4.78 is 0. The first-order valence-corrected chi connectivity index (χ1v) is 6.98. The Kier molecular flexibility index (Phi) is 4.81. The van der Waals surface area contributed by atoms with E-state index in [1.54, 1.807) is 10.4 Å².